The molecule has 1 aliphatic heterocycles. The van der Waals surface area contributed by atoms with Crippen molar-refractivity contribution >= 4 is 0 Å². The van der Waals surface area contributed by atoms with Gasteiger partial charge in [0.2, 0.25) is 5.82 Å². The maximum atomic E-state index is 13.0. The van der Waals surface area contributed by atoms with Crippen LogP contribution in [-0.2, 0) is 4.74 Å². The first-order chi connectivity index (χ1) is 7.61. The summed E-state index contributed by atoms with van der Waals surface area (Å²) in [6.07, 6.45) is 0.944. The van der Waals surface area contributed by atoms with Crippen LogP contribution in [0.25, 0.3) is 0 Å². The molecule has 1 aromatic heterocycles. The van der Waals surface area contributed by atoms with E-state index in [9.17, 15) is 14.0 Å². The van der Waals surface area contributed by atoms with E-state index in [1.807, 2.05) is 4.98 Å². The lowest BCUT2D eigenvalue weighted by atomic mass is 10.2. The molecule has 2 N–H and O–H groups in total. The highest BCUT2D eigenvalue weighted by Crippen LogP contribution is 2.26. The van der Waals surface area contributed by atoms with Gasteiger partial charge >= 0.3 is 5.69 Å². The highest BCUT2D eigenvalue weighted by atomic mass is 19.1. The Hall–Kier alpha value is -1.47. The lowest BCUT2D eigenvalue weighted by molar-refractivity contribution is -0.0250. The van der Waals surface area contributed by atoms with Gasteiger partial charge in [-0.1, -0.05) is 0 Å². The van der Waals surface area contributed by atoms with Gasteiger partial charge in [-0.15, -0.1) is 0 Å². The van der Waals surface area contributed by atoms with Crippen LogP contribution in [0.3, 0.4) is 0 Å². The van der Waals surface area contributed by atoms with E-state index in [1.165, 1.54) is 0 Å². The molecule has 2 rings (SSSR count). The molecule has 0 bridgehead atoms. The molecule has 1 aliphatic rings. The summed E-state index contributed by atoms with van der Waals surface area (Å²) in [4.78, 5) is 24.0. The first-order valence-corrected chi connectivity index (χ1v) is 4.89. The molecule has 7 heteroatoms. The van der Waals surface area contributed by atoms with E-state index in [1.54, 1.807) is 0 Å². The van der Waals surface area contributed by atoms with Crippen molar-refractivity contribution in [3.8, 4) is 0 Å². The fraction of sp³-hybridized carbons (Fsp3) is 0.556. The molecule has 16 heavy (non-hydrogen) atoms. The van der Waals surface area contributed by atoms with Crippen LogP contribution < -0.4 is 11.2 Å². The third-order valence-corrected chi connectivity index (χ3v) is 2.52. The smallest absolute Gasteiger partial charge is 0.330 e. The first-order valence-electron chi connectivity index (χ1n) is 4.89. The molecule has 1 saturated heterocycles. The fourth-order valence-electron chi connectivity index (χ4n) is 1.70. The summed E-state index contributed by atoms with van der Waals surface area (Å²) < 4.78 is 19.3. The third kappa shape index (κ3) is 1.91. The number of aromatic amines is 1. The van der Waals surface area contributed by atoms with Crippen molar-refractivity contribution in [2.75, 3.05) is 6.61 Å². The van der Waals surface area contributed by atoms with Crippen LogP contribution in [0.1, 0.15) is 19.1 Å². The average molecular weight is 230 g/mol. The second-order valence-electron chi connectivity index (χ2n) is 3.62. The minimum Gasteiger partial charge on any atom is -0.394 e. The second kappa shape index (κ2) is 4.18. The number of aliphatic hydroxyl groups excluding tert-OH is 1. The molecule has 1 aromatic rings. The van der Waals surface area contributed by atoms with E-state index in [0.29, 0.717) is 12.8 Å². The van der Waals surface area contributed by atoms with Crippen molar-refractivity contribution in [3.05, 3.63) is 32.9 Å². The number of hydrogen-bond acceptors (Lipinski definition) is 4. The predicted octanol–water partition coefficient (Wildman–Crippen LogP) is -0.654. The van der Waals surface area contributed by atoms with E-state index in [-0.39, 0.29) is 12.7 Å². The molecule has 0 unspecified atom stereocenters. The normalized spacial score (nSPS) is 24.9. The third-order valence-electron chi connectivity index (χ3n) is 2.52. The molecule has 0 aromatic carbocycles. The molecule has 2 heterocycles. The number of nitrogens with one attached hydrogen (secondary N) is 1. The molecule has 0 aliphatic carbocycles. The Morgan fingerprint density at radius 1 is 1.56 bits per heavy atom. The Balaban J connectivity index is 2.32. The van der Waals surface area contributed by atoms with Crippen molar-refractivity contribution in [1.82, 2.24) is 9.55 Å². The number of halogens is 1. The van der Waals surface area contributed by atoms with Crippen LogP contribution in [0.2, 0.25) is 0 Å². The molecule has 0 radical (unpaired) electrons. The molecule has 88 valence electrons. The summed E-state index contributed by atoms with van der Waals surface area (Å²) in [6.45, 7) is -0.142. The van der Waals surface area contributed by atoms with E-state index in [0.717, 1.165) is 10.8 Å². The highest BCUT2D eigenvalue weighted by Gasteiger charge is 2.27. The van der Waals surface area contributed by atoms with Crippen LogP contribution in [0.5, 0.6) is 0 Å². The zero-order valence-electron chi connectivity index (χ0n) is 8.35. The lowest BCUT2D eigenvalue weighted by Crippen LogP contribution is -2.34. The summed E-state index contributed by atoms with van der Waals surface area (Å²) in [5.74, 6) is -1.03. The second-order valence-corrected chi connectivity index (χ2v) is 3.62. The van der Waals surface area contributed by atoms with Gasteiger partial charge in [0.05, 0.1) is 18.9 Å². The molecule has 6 nitrogen and oxygen atoms in total. The van der Waals surface area contributed by atoms with Crippen LogP contribution in [0.4, 0.5) is 4.39 Å². The Kier molecular flexibility index (Phi) is 2.88. The van der Waals surface area contributed by atoms with Gasteiger partial charge in [0.25, 0.3) is 5.56 Å². The SMILES string of the molecule is O=c1[nH]c(=O)n([C@@H]2CC[C@H](CO)O2)cc1F. The Labute approximate surface area is 89.3 Å². The monoisotopic (exact) mass is 230 g/mol. The van der Waals surface area contributed by atoms with Gasteiger partial charge in [0.15, 0.2) is 0 Å². The van der Waals surface area contributed by atoms with Crippen molar-refractivity contribution in [3.63, 3.8) is 0 Å². The number of hydrogen-bond donors (Lipinski definition) is 2. The maximum absolute atomic E-state index is 13.0. The van der Waals surface area contributed by atoms with Gasteiger partial charge in [-0.3, -0.25) is 14.3 Å². The summed E-state index contributed by atoms with van der Waals surface area (Å²) in [6, 6.07) is 0. The highest BCUT2D eigenvalue weighted by molar-refractivity contribution is 4.89. The maximum Gasteiger partial charge on any atom is 0.330 e. The predicted molar refractivity (Wildman–Crippen MR) is 51.5 cm³/mol. The topological polar surface area (TPSA) is 84.3 Å². The summed E-state index contributed by atoms with van der Waals surface area (Å²) in [5, 5.41) is 8.85. The summed E-state index contributed by atoms with van der Waals surface area (Å²) in [5.41, 5.74) is -1.76. The van der Waals surface area contributed by atoms with Crippen molar-refractivity contribution in [1.29, 1.82) is 0 Å². The summed E-state index contributed by atoms with van der Waals surface area (Å²) >= 11 is 0. The molecule has 0 saturated carbocycles. The van der Waals surface area contributed by atoms with E-state index in [2.05, 4.69) is 0 Å². The van der Waals surface area contributed by atoms with Gasteiger partial charge < -0.3 is 9.84 Å². The summed E-state index contributed by atoms with van der Waals surface area (Å²) in [7, 11) is 0. The zero-order chi connectivity index (χ0) is 11.7. The minimum atomic E-state index is -1.04. The Morgan fingerprint density at radius 3 is 2.94 bits per heavy atom. The van der Waals surface area contributed by atoms with E-state index < -0.39 is 23.3 Å². The van der Waals surface area contributed by atoms with E-state index in [4.69, 9.17) is 9.84 Å². The van der Waals surface area contributed by atoms with Gasteiger partial charge in [-0.25, -0.2) is 4.79 Å². The van der Waals surface area contributed by atoms with Crippen LogP contribution in [-0.4, -0.2) is 27.4 Å². The quantitative estimate of drug-likeness (QED) is 0.706. The van der Waals surface area contributed by atoms with Crippen LogP contribution in [0, 0.1) is 5.82 Å². The number of rotatable bonds is 2. The standard InChI is InChI=1S/C9H11FN2O4/c10-6-3-12(9(15)11-8(6)14)7-2-1-5(4-13)16-7/h3,5,7,13H,1-2,4H2,(H,11,14,15)/t5-,7+/m1/s1. The molecule has 0 amide bonds. The van der Waals surface area contributed by atoms with Gasteiger partial charge in [0, 0.05) is 0 Å². The van der Waals surface area contributed by atoms with Gasteiger partial charge in [-0.05, 0) is 12.8 Å². The minimum absolute atomic E-state index is 0.142. The van der Waals surface area contributed by atoms with Crippen molar-refractivity contribution < 1.29 is 14.2 Å². The Bertz CT molecular complexity index is 495. The number of nitrogens with zero attached hydrogens (tertiary/aromatic N) is 1. The zero-order valence-corrected chi connectivity index (χ0v) is 8.35. The fourth-order valence-corrected chi connectivity index (χ4v) is 1.70. The number of aliphatic hydroxyl groups is 1. The molecular weight excluding hydrogens is 219 g/mol. The van der Waals surface area contributed by atoms with Gasteiger partial charge in [-0.2, -0.15) is 4.39 Å². The lowest BCUT2D eigenvalue weighted by Gasteiger charge is -2.14. The van der Waals surface area contributed by atoms with Crippen molar-refractivity contribution in [2.24, 2.45) is 0 Å². The van der Waals surface area contributed by atoms with Crippen LogP contribution in [0.15, 0.2) is 15.8 Å². The number of H-pyrrole nitrogens is 1. The molecule has 0 spiro atoms. The van der Waals surface area contributed by atoms with E-state index >= 15 is 0 Å². The van der Waals surface area contributed by atoms with Crippen molar-refractivity contribution in [2.45, 2.75) is 25.2 Å². The molecule has 1 fully saturated rings. The molecular formula is C9H11FN2O4. The Morgan fingerprint density at radius 2 is 2.31 bits per heavy atom. The van der Waals surface area contributed by atoms with Gasteiger partial charge in [0.1, 0.15) is 6.23 Å². The first kappa shape index (κ1) is 11.0. The average Bonchev–Trinajstić information content (AvgIpc) is 2.71. The number of ether oxygens (including phenoxy) is 1. The number of aromatic nitrogens is 2. The largest absolute Gasteiger partial charge is 0.394 e. The van der Waals surface area contributed by atoms with Crippen LogP contribution >= 0.6 is 0 Å². The molecule has 2 atom stereocenters.